The molecule has 35 heavy (non-hydrogen) atoms. The van der Waals surface area contributed by atoms with E-state index < -0.39 is 11.4 Å². The zero-order valence-electron chi connectivity index (χ0n) is 20.9. The van der Waals surface area contributed by atoms with Gasteiger partial charge in [0, 0.05) is 13.1 Å². The summed E-state index contributed by atoms with van der Waals surface area (Å²) in [7, 11) is 0. The SMILES string of the molecule is O=C(O)C12CC3CC(C1)CC(C14CC5CC(CC(C(=O)N6CCc7ccccc7C6)(C5)C1)C4)(C3)C2. The first kappa shape index (κ1) is 21.3. The zero-order valence-corrected chi connectivity index (χ0v) is 20.9. The molecule has 8 fully saturated rings. The Balaban J connectivity index is 1.16. The molecular formula is C31H39NO3. The first-order valence-electron chi connectivity index (χ1n) is 14.4. The number of carbonyl (C=O) groups excluding carboxylic acids is 1. The maximum Gasteiger partial charge on any atom is 0.309 e. The second kappa shape index (κ2) is 6.72. The number of carboxylic acid groups (broad SMARTS) is 1. The first-order chi connectivity index (χ1) is 16.8. The normalized spacial score (nSPS) is 48.7. The molecule has 0 spiro atoms. The van der Waals surface area contributed by atoms with Crippen LogP contribution in [0.2, 0.25) is 0 Å². The Kier molecular flexibility index (Phi) is 4.08. The van der Waals surface area contributed by atoms with Crippen LogP contribution < -0.4 is 0 Å². The molecule has 8 saturated carbocycles. The van der Waals surface area contributed by atoms with Crippen LogP contribution in [0.1, 0.15) is 88.2 Å². The molecule has 186 valence electrons. The second-order valence-electron chi connectivity index (χ2n) is 14.6. The maximum absolute atomic E-state index is 14.4. The predicted octanol–water partition coefficient (Wildman–Crippen LogP) is 5.83. The Morgan fingerprint density at radius 3 is 1.83 bits per heavy atom. The summed E-state index contributed by atoms with van der Waals surface area (Å²) in [5.41, 5.74) is 2.46. The van der Waals surface area contributed by atoms with Crippen molar-refractivity contribution in [2.75, 3.05) is 6.54 Å². The summed E-state index contributed by atoms with van der Waals surface area (Å²) in [5, 5.41) is 10.4. The van der Waals surface area contributed by atoms with Gasteiger partial charge in [0.25, 0.3) is 0 Å². The Labute approximate surface area is 208 Å². The predicted molar refractivity (Wildman–Crippen MR) is 132 cm³/mol. The van der Waals surface area contributed by atoms with Crippen LogP contribution in [0.15, 0.2) is 24.3 Å². The van der Waals surface area contributed by atoms with E-state index in [4.69, 9.17) is 0 Å². The molecule has 1 aromatic rings. The monoisotopic (exact) mass is 473 g/mol. The topological polar surface area (TPSA) is 57.6 Å². The Bertz CT molecular complexity index is 1090. The lowest BCUT2D eigenvalue weighted by molar-refractivity contribution is -0.240. The van der Waals surface area contributed by atoms with Crippen molar-refractivity contribution in [1.82, 2.24) is 4.90 Å². The van der Waals surface area contributed by atoms with Gasteiger partial charge >= 0.3 is 5.97 Å². The number of fused-ring (bicyclic) bond motifs is 1. The molecule has 1 aromatic carbocycles. The third-order valence-electron chi connectivity index (χ3n) is 12.6. The van der Waals surface area contributed by atoms with E-state index in [0.29, 0.717) is 29.6 Å². The van der Waals surface area contributed by atoms with Crippen molar-refractivity contribution in [3.63, 3.8) is 0 Å². The van der Waals surface area contributed by atoms with Crippen molar-refractivity contribution < 1.29 is 14.7 Å². The number of nitrogens with zero attached hydrogens (tertiary/aromatic N) is 1. The number of aliphatic carboxylic acids is 1. The number of carboxylic acids is 1. The summed E-state index contributed by atoms with van der Waals surface area (Å²) in [6, 6.07) is 8.66. The number of rotatable bonds is 3. The molecular weight excluding hydrogens is 434 g/mol. The zero-order chi connectivity index (χ0) is 23.6. The fourth-order valence-electron chi connectivity index (χ4n) is 12.3. The summed E-state index contributed by atoms with van der Waals surface area (Å²) in [5.74, 6) is 2.48. The van der Waals surface area contributed by atoms with E-state index in [1.807, 2.05) is 0 Å². The van der Waals surface area contributed by atoms with E-state index in [2.05, 4.69) is 29.2 Å². The highest BCUT2D eigenvalue weighted by Crippen LogP contribution is 2.78. The van der Waals surface area contributed by atoms with Crippen molar-refractivity contribution in [2.45, 2.75) is 90.0 Å². The molecule has 4 atom stereocenters. The Morgan fingerprint density at radius 2 is 1.26 bits per heavy atom. The van der Waals surface area contributed by atoms with Gasteiger partial charge in [-0.1, -0.05) is 24.3 Å². The average molecular weight is 474 g/mol. The quantitative estimate of drug-likeness (QED) is 0.601. The third-order valence-corrected chi connectivity index (χ3v) is 12.6. The number of benzene rings is 1. The minimum Gasteiger partial charge on any atom is -0.481 e. The Hall–Kier alpha value is -1.84. The lowest BCUT2D eigenvalue weighted by Crippen LogP contribution is -2.67. The highest BCUT2D eigenvalue weighted by molar-refractivity contribution is 5.84. The molecule has 4 unspecified atom stereocenters. The smallest absolute Gasteiger partial charge is 0.309 e. The van der Waals surface area contributed by atoms with E-state index in [0.717, 1.165) is 58.0 Å². The van der Waals surface area contributed by atoms with Gasteiger partial charge in [0.15, 0.2) is 0 Å². The fraction of sp³-hybridized carbons (Fsp3) is 0.742. The van der Waals surface area contributed by atoms with Gasteiger partial charge in [-0.3, -0.25) is 9.59 Å². The molecule has 0 aromatic heterocycles. The van der Waals surface area contributed by atoms with Crippen molar-refractivity contribution in [2.24, 2.45) is 45.3 Å². The maximum atomic E-state index is 14.4. The van der Waals surface area contributed by atoms with Crippen LogP contribution in [0, 0.1) is 45.3 Å². The molecule has 1 N–H and O–H groups in total. The fourth-order valence-corrected chi connectivity index (χ4v) is 12.3. The minimum atomic E-state index is -0.515. The molecule has 1 heterocycles. The summed E-state index contributed by atoms with van der Waals surface area (Å²) in [6.07, 6.45) is 14.6. The van der Waals surface area contributed by atoms with Gasteiger partial charge in [-0.15, -0.1) is 0 Å². The molecule has 0 saturated heterocycles. The van der Waals surface area contributed by atoms with Crippen LogP contribution >= 0.6 is 0 Å². The van der Waals surface area contributed by atoms with Crippen molar-refractivity contribution in [3.05, 3.63) is 35.4 Å². The van der Waals surface area contributed by atoms with Crippen LogP contribution in [0.25, 0.3) is 0 Å². The summed E-state index contributed by atoms with van der Waals surface area (Å²) in [6.45, 7) is 1.63. The van der Waals surface area contributed by atoms with E-state index in [9.17, 15) is 14.7 Å². The average Bonchev–Trinajstić information content (AvgIpc) is 2.81. The molecule has 10 rings (SSSR count). The molecule has 1 aliphatic heterocycles. The van der Waals surface area contributed by atoms with Gasteiger partial charge in [-0.05, 0) is 129 Å². The van der Waals surface area contributed by atoms with Gasteiger partial charge in [-0.25, -0.2) is 0 Å². The lowest BCUT2D eigenvalue weighted by Gasteiger charge is -2.73. The van der Waals surface area contributed by atoms with Crippen molar-refractivity contribution in [3.8, 4) is 0 Å². The van der Waals surface area contributed by atoms with Gasteiger partial charge in [0.05, 0.1) is 10.8 Å². The number of carbonyl (C=O) groups is 2. The van der Waals surface area contributed by atoms with E-state index in [1.165, 1.54) is 49.7 Å². The highest BCUT2D eigenvalue weighted by atomic mass is 16.4. The van der Waals surface area contributed by atoms with Crippen LogP contribution in [0.4, 0.5) is 0 Å². The number of hydrogen-bond donors (Lipinski definition) is 1. The number of hydrogen-bond acceptors (Lipinski definition) is 2. The summed E-state index contributed by atoms with van der Waals surface area (Å²) >= 11 is 0. The van der Waals surface area contributed by atoms with Gasteiger partial charge in [-0.2, -0.15) is 0 Å². The molecule has 4 nitrogen and oxygen atoms in total. The van der Waals surface area contributed by atoms with Crippen LogP contribution in [-0.2, 0) is 22.6 Å². The molecule has 8 aliphatic carbocycles. The summed E-state index contributed by atoms with van der Waals surface area (Å²) in [4.78, 5) is 29.3. The van der Waals surface area contributed by atoms with Crippen molar-refractivity contribution >= 4 is 11.9 Å². The van der Waals surface area contributed by atoms with Gasteiger partial charge in [0.1, 0.15) is 0 Å². The van der Waals surface area contributed by atoms with Crippen LogP contribution in [0.3, 0.4) is 0 Å². The highest BCUT2D eigenvalue weighted by Gasteiger charge is 2.72. The Morgan fingerprint density at radius 1 is 0.743 bits per heavy atom. The molecule has 1 amide bonds. The van der Waals surface area contributed by atoms with E-state index in [-0.39, 0.29) is 16.2 Å². The van der Waals surface area contributed by atoms with Gasteiger partial charge < -0.3 is 10.0 Å². The van der Waals surface area contributed by atoms with Gasteiger partial charge in [0.2, 0.25) is 5.91 Å². The van der Waals surface area contributed by atoms with E-state index >= 15 is 0 Å². The molecule has 4 heteroatoms. The molecule has 9 aliphatic rings. The third kappa shape index (κ3) is 2.75. The standard InChI is InChI=1S/C31H39NO3/c33-26(32-6-5-24-3-1-2-4-25(24)17-32)28-9-20-7-21(10-28)14-30(13-20,18-28)31-15-22-8-23(16-31)12-29(11-22,19-31)27(34)35/h1-4,20-23H,5-19H2,(H,34,35). The largest absolute Gasteiger partial charge is 0.481 e. The second-order valence-corrected chi connectivity index (χ2v) is 14.6. The first-order valence-corrected chi connectivity index (χ1v) is 14.4. The lowest BCUT2D eigenvalue weighted by atomic mass is 9.31. The molecule has 8 bridgehead atoms. The van der Waals surface area contributed by atoms with E-state index in [1.54, 1.807) is 0 Å². The van der Waals surface area contributed by atoms with Crippen LogP contribution in [-0.4, -0.2) is 28.4 Å². The van der Waals surface area contributed by atoms with Crippen LogP contribution in [0.5, 0.6) is 0 Å². The van der Waals surface area contributed by atoms with Crippen molar-refractivity contribution in [1.29, 1.82) is 0 Å². The number of amides is 1. The molecule has 0 radical (unpaired) electrons. The summed E-state index contributed by atoms with van der Waals surface area (Å²) < 4.78 is 0. The minimum absolute atomic E-state index is 0.174.